The Labute approximate surface area is 111 Å². The molecule has 0 saturated carbocycles. The Hall–Kier alpha value is -0.930. The third-order valence-electron chi connectivity index (χ3n) is 4.18. The molecule has 1 aliphatic heterocycles. The molecule has 3 heteroatoms. The van der Waals surface area contributed by atoms with Crippen molar-refractivity contribution in [3.05, 3.63) is 30.1 Å². The Kier molecular flexibility index (Phi) is 4.36. The summed E-state index contributed by atoms with van der Waals surface area (Å²) in [5, 5.41) is 3.70. The molecule has 0 spiro atoms. The second-order valence-corrected chi connectivity index (χ2v) is 5.74. The second kappa shape index (κ2) is 5.81. The summed E-state index contributed by atoms with van der Waals surface area (Å²) in [4.78, 5) is 6.80. The van der Waals surface area contributed by atoms with E-state index in [1.165, 1.54) is 18.4 Å². The van der Waals surface area contributed by atoms with Crippen molar-refractivity contribution in [1.82, 2.24) is 15.2 Å². The summed E-state index contributed by atoms with van der Waals surface area (Å²) in [6, 6.07) is 4.82. The highest BCUT2D eigenvalue weighted by atomic mass is 15.2. The average molecular weight is 247 g/mol. The molecule has 1 fully saturated rings. The fraction of sp³-hybridized carbons (Fsp3) is 0.667. The summed E-state index contributed by atoms with van der Waals surface area (Å²) < 4.78 is 0. The van der Waals surface area contributed by atoms with Crippen LogP contribution in [-0.4, -0.2) is 34.6 Å². The van der Waals surface area contributed by atoms with Gasteiger partial charge in [-0.1, -0.05) is 13.0 Å². The summed E-state index contributed by atoms with van der Waals surface area (Å²) in [6.07, 6.45) is 6.21. The summed E-state index contributed by atoms with van der Waals surface area (Å²) in [6.45, 7) is 10.2. The lowest BCUT2D eigenvalue weighted by atomic mass is 9.98. The molecule has 0 radical (unpaired) electrons. The fourth-order valence-corrected chi connectivity index (χ4v) is 2.60. The van der Waals surface area contributed by atoms with Gasteiger partial charge in [0.1, 0.15) is 0 Å². The molecule has 2 unspecified atom stereocenters. The quantitative estimate of drug-likeness (QED) is 0.889. The highest BCUT2D eigenvalue weighted by Gasteiger charge is 2.30. The van der Waals surface area contributed by atoms with Crippen LogP contribution < -0.4 is 5.32 Å². The van der Waals surface area contributed by atoms with E-state index >= 15 is 0 Å². The second-order valence-electron chi connectivity index (χ2n) is 5.74. The maximum absolute atomic E-state index is 4.21. The van der Waals surface area contributed by atoms with Crippen LogP contribution in [0.25, 0.3) is 0 Å². The van der Waals surface area contributed by atoms with E-state index < -0.39 is 0 Å². The predicted octanol–water partition coefficient (Wildman–Crippen LogP) is 2.43. The Bertz CT molecular complexity index is 365. The van der Waals surface area contributed by atoms with E-state index in [1.54, 1.807) is 0 Å². The molecule has 3 nitrogen and oxygen atoms in total. The van der Waals surface area contributed by atoms with Crippen molar-refractivity contribution in [2.75, 3.05) is 13.1 Å². The van der Waals surface area contributed by atoms with Crippen molar-refractivity contribution in [2.24, 2.45) is 0 Å². The molecule has 1 saturated heterocycles. The van der Waals surface area contributed by atoms with E-state index in [2.05, 4.69) is 42.0 Å². The highest BCUT2D eigenvalue weighted by Crippen LogP contribution is 2.20. The molecule has 1 N–H and O–H groups in total. The smallest absolute Gasteiger partial charge is 0.0312 e. The summed E-state index contributed by atoms with van der Waals surface area (Å²) in [5.74, 6) is 0. The SMILES string of the molecule is CCC1(C)CN(Cc2cccnc2)C(C)CCN1. The molecule has 18 heavy (non-hydrogen) atoms. The number of nitrogens with one attached hydrogen (secondary N) is 1. The van der Waals surface area contributed by atoms with Crippen molar-refractivity contribution < 1.29 is 0 Å². The standard InChI is InChI=1S/C15H25N3/c1-4-15(3)12-18(13(2)7-9-17-15)11-14-6-5-8-16-10-14/h5-6,8,10,13,17H,4,7,9,11-12H2,1-3H3. The summed E-state index contributed by atoms with van der Waals surface area (Å²) >= 11 is 0. The lowest BCUT2D eigenvalue weighted by molar-refractivity contribution is 0.163. The Morgan fingerprint density at radius 1 is 1.56 bits per heavy atom. The normalized spacial score (nSPS) is 30.1. The topological polar surface area (TPSA) is 28.2 Å². The van der Waals surface area contributed by atoms with Crippen LogP contribution in [0.4, 0.5) is 0 Å². The lowest BCUT2D eigenvalue weighted by Gasteiger charge is -2.34. The average Bonchev–Trinajstić information content (AvgIpc) is 2.52. The van der Waals surface area contributed by atoms with Crippen molar-refractivity contribution in [2.45, 2.75) is 51.7 Å². The van der Waals surface area contributed by atoms with Gasteiger partial charge < -0.3 is 5.32 Å². The molecule has 100 valence electrons. The molecule has 1 aliphatic rings. The Morgan fingerprint density at radius 3 is 3.06 bits per heavy atom. The van der Waals surface area contributed by atoms with Crippen LogP contribution in [-0.2, 0) is 6.54 Å². The van der Waals surface area contributed by atoms with Crippen molar-refractivity contribution in [3.63, 3.8) is 0 Å². The van der Waals surface area contributed by atoms with Crippen LogP contribution in [0.15, 0.2) is 24.5 Å². The van der Waals surface area contributed by atoms with Gasteiger partial charge in [0.15, 0.2) is 0 Å². The molecule has 0 aliphatic carbocycles. The summed E-state index contributed by atoms with van der Waals surface area (Å²) in [5.41, 5.74) is 1.55. The maximum atomic E-state index is 4.21. The third kappa shape index (κ3) is 3.30. The first-order valence-electron chi connectivity index (χ1n) is 7.01. The zero-order chi connectivity index (χ0) is 13.0. The molecule has 1 aromatic heterocycles. The minimum absolute atomic E-state index is 0.243. The van der Waals surface area contributed by atoms with Gasteiger partial charge in [-0.15, -0.1) is 0 Å². The van der Waals surface area contributed by atoms with E-state index in [0.717, 1.165) is 19.6 Å². The van der Waals surface area contributed by atoms with Gasteiger partial charge in [0.2, 0.25) is 0 Å². The third-order valence-corrected chi connectivity index (χ3v) is 4.18. The largest absolute Gasteiger partial charge is 0.310 e. The van der Waals surface area contributed by atoms with Gasteiger partial charge >= 0.3 is 0 Å². The minimum Gasteiger partial charge on any atom is -0.310 e. The minimum atomic E-state index is 0.243. The van der Waals surface area contributed by atoms with Crippen LogP contribution in [0.1, 0.15) is 39.2 Å². The highest BCUT2D eigenvalue weighted by molar-refractivity contribution is 5.09. The zero-order valence-electron chi connectivity index (χ0n) is 11.8. The van der Waals surface area contributed by atoms with Crippen molar-refractivity contribution >= 4 is 0 Å². The summed E-state index contributed by atoms with van der Waals surface area (Å²) in [7, 11) is 0. The van der Waals surface area contributed by atoms with Gasteiger partial charge in [0, 0.05) is 37.1 Å². The van der Waals surface area contributed by atoms with Gasteiger partial charge in [0.05, 0.1) is 0 Å². The van der Waals surface area contributed by atoms with E-state index in [-0.39, 0.29) is 5.54 Å². The Morgan fingerprint density at radius 2 is 2.39 bits per heavy atom. The van der Waals surface area contributed by atoms with E-state index in [9.17, 15) is 0 Å². The zero-order valence-corrected chi connectivity index (χ0v) is 11.8. The van der Waals surface area contributed by atoms with Crippen molar-refractivity contribution in [1.29, 1.82) is 0 Å². The van der Waals surface area contributed by atoms with Crippen LogP contribution >= 0.6 is 0 Å². The van der Waals surface area contributed by atoms with Crippen molar-refractivity contribution in [3.8, 4) is 0 Å². The molecular weight excluding hydrogens is 222 g/mol. The lowest BCUT2D eigenvalue weighted by Crippen LogP contribution is -2.49. The number of aromatic nitrogens is 1. The molecule has 0 amide bonds. The number of nitrogens with zero attached hydrogens (tertiary/aromatic N) is 2. The van der Waals surface area contributed by atoms with Gasteiger partial charge in [-0.25, -0.2) is 0 Å². The van der Waals surface area contributed by atoms with E-state index in [4.69, 9.17) is 0 Å². The van der Waals surface area contributed by atoms with Crippen LogP contribution in [0.5, 0.6) is 0 Å². The number of hydrogen-bond acceptors (Lipinski definition) is 3. The molecular formula is C15H25N3. The van der Waals surface area contributed by atoms with Crippen LogP contribution in [0.2, 0.25) is 0 Å². The van der Waals surface area contributed by atoms with E-state index in [0.29, 0.717) is 6.04 Å². The molecule has 2 heterocycles. The maximum Gasteiger partial charge on any atom is 0.0312 e. The van der Waals surface area contributed by atoms with Gasteiger partial charge in [-0.2, -0.15) is 0 Å². The monoisotopic (exact) mass is 247 g/mol. The predicted molar refractivity (Wildman–Crippen MR) is 75.4 cm³/mol. The Balaban J connectivity index is 2.08. The first-order chi connectivity index (χ1) is 8.63. The number of pyridine rings is 1. The van der Waals surface area contributed by atoms with Crippen LogP contribution in [0.3, 0.4) is 0 Å². The van der Waals surface area contributed by atoms with E-state index in [1.807, 2.05) is 18.5 Å². The van der Waals surface area contributed by atoms with Gasteiger partial charge in [0.25, 0.3) is 0 Å². The first-order valence-corrected chi connectivity index (χ1v) is 7.01. The molecule has 0 aromatic carbocycles. The molecule has 2 atom stereocenters. The number of hydrogen-bond donors (Lipinski definition) is 1. The molecule has 1 aromatic rings. The van der Waals surface area contributed by atoms with Gasteiger partial charge in [-0.05, 0) is 44.9 Å². The number of rotatable bonds is 3. The first kappa shape index (κ1) is 13.5. The molecule has 0 bridgehead atoms. The molecule has 2 rings (SSSR count). The fourth-order valence-electron chi connectivity index (χ4n) is 2.60. The van der Waals surface area contributed by atoms with Gasteiger partial charge in [-0.3, -0.25) is 9.88 Å². The van der Waals surface area contributed by atoms with Crippen LogP contribution in [0, 0.1) is 0 Å².